The average molecular weight is 333 g/mol. The quantitative estimate of drug-likeness (QED) is 0.607. The third-order valence-corrected chi connectivity index (χ3v) is 3.83. The van der Waals surface area contributed by atoms with Gasteiger partial charge in [-0.25, -0.2) is 0 Å². The molecule has 0 fully saturated rings. The van der Waals surface area contributed by atoms with Gasteiger partial charge in [0.15, 0.2) is 0 Å². The molecule has 2 rings (SSSR count). The molecule has 0 unspecified atom stereocenters. The Kier molecular flexibility index (Phi) is 7.08. The fourth-order valence-electron chi connectivity index (χ4n) is 2.19. The molecular weight excluding hydrogens is 308 g/mol. The number of nitrogens with one attached hydrogen (secondary N) is 2. The van der Waals surface area contributed by atoms with Gasteiger partial charge in [0.05, 0.1) is 6.61 Å². The minimum absolute atomic E-state index is 0.754. The summed E-state index contributed by atoms with van der Waals surface area (Å²) in [5.41, 5.74) is 3.37. The molecule has 0 saturated carbocycles. The lowest BCUT2D eigenvalue weighted by Gasteiger charge is -2.12. The van der Waals surface area contributed by atoms with Gasteiger partial charge >= 0.3 is 0 Å². The smallest absolute Gasteiger partial charge is 0.119 e. The highest BCUT2D eigenvalue weighted by molar-refractivity contribution is 6.30. The van der Waals surface area contributed by atoms with Crippen molar-refractivity contribution < 1.29 is 4.74 Å². The zero-order valence-corrected chi connectivity index (χ0v) is 14.6. The number of anilines is 2. The van der Waals surface area contributed by atoms with E-state index in [1.807, 2.05) is 42.5 Å². The third kappa shape index (κ3) is 6.03. The number of halogens is 1. The summed E-state index contributed by atoms with van der Waals surface area (Å²) in [4.78, 5) is 0. The van der Waals surface area contributed by atoms with Crippen molar-refractivity contribution in [2.75, 3.05) is 30.3 Å². The summed E-state index contributed by atoms with van der Waals surface area (Å²) < 4.78 is 5.66. The van der Waals surface area contributed by atoms with Crippen LogP contribution in [0.4, 0.5) is 11.4 Å². The van der Waals surface area contributed by atoms with Gasteiger partial charge in [0.2, 0.25) is 0 Å². The van der Waals surface area contributed by atoms with E-state index in [2.05, 4.69) is 24.5 Å². The van der Waals surface area contributed by atoms with E-state index >= 15 is 0 Å². The lowest BCUT2D eigenvalue weighted by molar-refractivity contribution is 0.309. The highest BCUT2D eigenvalue weighted by atomic mass is 35.5. The second-order valence-corrected chi connectivity index (χ2v) is 5.98. The maximum Gasteiger partial charge on any atom is 0.119 e. The van der Waals surface area contributed by atoms with E-state index in [0.29, 0.717) is 0 Å². The molecule has 2 aromatic carbocycles. The summed E-state index contributed by atoms with van der Waals surface area (Å²) >= 11 is 6.02. The first-order valence-corrected chi connectivity index (χ1v) is 8.53. The molecule has 0 bridgehead atoms. The van der Waals surface area contributed by atoms with E-state index in [1.165, 1.54) is 5.56 Å². The summed E-state index contributed by atoms with van der Waals surface area (Å²) in [6.45, 7) is 6.68. The Morgan fingerprint density at radius 2 is 1.74 bits per heavy atom. The summed E-state index contributed by atoms with van der Waals surface area (Å²) in [6, 6.07) is 14.0. The zero-order valence-electron chi connectivity index (χ0n) is 13.9. The second-order valence-electron chi connectivity index (χ2n) is 5.54. The van der Waals surface area contributed by atoms with E-state index in [-0.39, 0.29) is 0 Å². The highest BCUT2D eigenvalue weighted by Gasteiger charge is 1.99. The maximum absolute atomic E-state index is 6.02. The summed E-state index contributed by atoms with van der Waals surface area (Å²) in [6.07, 6.45) is 2.24. The standard InChI is InChI=1S/C19H25ClN2O/c1-3-4-13-23-18-9-7-17(8-10-18)21-11-12-22-19-14-16(20)6-5-15(19)2/h5-10,14,21-22H,3-4,11-13H2,1-2H3. The Morgan fingerprint density at radius 1 is 1.00 bits per heavy atom. The Balaban J connectivity index is 1.72. The Labute approximate surface area is 144 Å². The van der Waals surface area contributed by atoms with E-state index in [4.69, 9.17) is 16.3 Å². The van der Waals surface area contributed by atoms with Crippen molar-refractivity contribution in [3.63, 3.8) is 0 Å². The van der Waals surface area contributed by atoms with Crippen LogP contribution in [-0.2, 0) is 0 Å². The molecule has 2 aromatic rings. The molecule has 0 aromatic heterocycles. The molecular formula is C19H25ClN2O. The van der Waals surface area contributed by atoms with Crippen molar-refractivity contribution in [3.8, 4) is 5.75 Å². The van der Waals surface area contributed by atoms with E-state index in [9.17, 15) is 0 Å². The molecule has 4 heteroatoms. The van der Waals surface area contributed by atoms with Crippen LogP contribution >= 0.6 is 11.6 Å². The van der Waals surface area contributed by atoms with Gasteiger partial charge in [-0.3, -0.25) is 0 Å². The monoisotopic (exact) mass is 332 g/mol. The van der Waals surface area contributed by atoms with Crippen molar-refractivity contribution >= 4 is 23.0 Å². The van der Waals surface area contributed by atoms with E-state index in [0.717, 1.165) is 54.7 Å². The minimum atomic E-state index is 0.754. The molecule has 0 atom stereocenters. The zero-order chi connectivity index (χ0) is 16.5. The lowest BCUT2D eigenvalue weighted by Crippen LogP contribution is -2.14. The largest absolute Gasteiger partial charge is 0.494 e. The number of rotatable bonds is 9. The van der Waals surface area contributed by atoms with Gasteiger partial charge in [-0.05, 0) is 55.3 Å². The average Bonchev–Trinajstić information content (AvgIpc) is 2.56. The molecule has 0 radical (unpaired) electrons. The topological polar surface area (TPSA) is 33.3 Å². The molecule has 0 aliphatic heterocycles. The number of hydrogen-bond donors (Lipinski definition) is 2. The molecule has 0 aliphatic rings. The van der Waals surface area contributed by atoms with Gasteiger partial charge < -0.3 is 15.4 Å². The molecule has 124 valence electrons. The molecule has 0 saturated heterocycles. The van der Waals surface area contributed by atoms with Crippen LogP contribution in [0.25, 0.3) is 0 Å². The summed E-state index contributed by atoms with van der Waals surface area (Å²) in [5, 5.41) is 7.54. The summed E-state index contributed by atoms with van der Waals surface area (Å²) in [5.74, 6) is 0.927. The van der Waals surface area contributed by atoms with E-state index in [1.54, 1.807) is 0 Å². The maximum atomic E-state index is 6.02. The highest BCUT2D eigenvalue weighted by Crippen LogP contribution is 2.20. The normalized spacial score (nSPS) is 10.4. The fourth-order valence-corrected chi connectivity index (χ4v) is 2.36. The van der Waals surface area contributed by atoms with Crippen LogP contribution < -0.4 is 15.4 Å². The van der Waals surface area contributed by atoms with Crippen LogP contribution in [0.5, 0.6) is 5.75 Å². The van der Waals surface area contributed by atoms with Crippen molar-refractivity contribution in [3.05, 3.63) is 53.1 Å². The first-order chi connectivity index (χ1) is 11.2. The van der Waals surface area contributed by atoms with Gasteiger partial charge in [-0.1, -0.05) is 31.0 Å². The number of ether oxygens (including phenoxy) is 1. The van der Waals surface area contributed by atoms with Gasteiger partial charge in [-0.15, -0.1) is 0 Å². The van der Waals surface area contributed by atoms with Crippen LogP contribution in [0.3, 0.4) is 0 Å². The van der Waals surface area contributed by atoms with Crippen LogP contribution in [0.15, 0.2) is 42.5 Å². The molecule has 0 spiro atoms. The fraction of sp³-hybridized carbons (Fsp3) is 0.368. The third-order valence-electron chi connectivity index (χ3n) is 3.59. The predicted octanol–water partition coefficient (Wildman–Crippen LogP) is 5.35. The van der Waals surface area contributed by atoms with Crippen molar-refractivity contribution in [2.45, 2.75) is 26.7 Å². The van der Waals surface area contributed by atoms with Gasteiger partial charge in [0.1, 0.15) is 5.75 Å². The lowest BCUT2D eigenvalue weighted by atomic mass is 10.2. The molecule has 0 aliphatic carbocycles. The Bertz CT molecular complexity index is 599. The molecule has 3 nitrogen and oxygen atoms in total. The van der Waals surface area contributed by atoms with Crippen LogP contribution in [0, 0.1) is 6.92 Å². The van der Waals surface area contributed by atoms with Crippen LogP contribution in [-0.4, -0.2) is 19.7 Å². The Morgan fingerprint density at radius 3 is 2.48 bits per heavy atom. The first kappa shape index (κ1) is 17.5. The van der Waals surface area contributed by atoms with Crippen LogP contribution in [0.2, 0.25) is 5.02 Å². The molecule has 23 heavy (non-hydrogen) atoms. The van der Waals surface area contributed by atoms with Crippen LogP contribution in [0.1, 0.15) is 25.3 Å². The summed E-state index contributed by atoms with van der Waals surface area (Å²) in [7, 11) is 0. The SMILES string of the molecule is CCCCOc1ccc(NCCNc2cc(Cl)ccc2C)cc1. The predicted molar refractivity (Wildman–Crippen MR) is 100 cm³/mol. The number of hydrogen-bond acceptors (Lipinski definition) is 3. The van der Waals surface area contributed by atoms with Gasteiger partial charge in [-0.2, -0.15) is 0 Å². The number of benzene rings is 2. The van der Waals surface area contributed by atoms with Crippen molar-refractivity contribution in [2.24, 2.45) is 0 Å². The second kappa shape index (κ2) is 9.31. The van der Waals surface area contributed by atoms with Crippen molar-refractivity contribution in [1.82, 2.24) is 0 Å². The minimum Gasteiger partial charge on any atom is -0.494 e. The van der Waals surface area contributed by atoms with E-state index < -0.39 is 0 Å². The number of aryl methyl sites for hydroxylation is 1. The Hall–Kier alpha value is -1.87. The van der Waals surface area contributed by atoms with Crippen molar-refractivity contribution in [1.29, 1.82) is 0 Å². The molecule has 2 N–H and O–H groups in total. The van der Waals surface area contributed by atoms with Gasteiger partial charge in [0.25, 0.3) is 0 Å². The number of unbranched alkanes of at least 4 members (excludes halogenated alkanes) is 1. The van der Waals surface area contributed by atoms with Gasteiger partial charge in [0, 0.05) is 29.5 Å². The molecule has 0 amide bonds. The first-order valence-electron chi connectivity index (χ1n) is 8.16. The molecule has 0 heterocycles.